The number of amides is 1. The molecule has 2 rings (SSSR count). The number of halogens is 2. The third kappa shape index (κ3) is 5.55. The van der Waals surface area contributed by atoms with Gasteiger partial charge in [-0.05, 0) is 25.1 Å². The van der Waals surface area contributed by atoms with Crippen molar-refractivity contribution in [2.75, 3.05) is 12.5 Å². The fraction of sp³-hybridized carbons (Fsp3) is 0.176. The van der Waals surface area contributed by atoms with Crippen LogP contribution in [-0.2, 0) is 16.2 Å². The quantitative estimate of drug-likeness (QED) is 0.565. The first-order chi connectivity index (χ1) is 12.0. The third-order valence-corrected chi connectivity index (χ3v) is 3.95. The molecule has 2 aromatic rings. The summed E-state index contributed by atoms with van der Waals surface area (Å²) < 4.78 is 4.48. The lowest BCUT2D eigenvalue weighted by atomic mass is 10.1. The summed E-state index contributed by atoms with van der Waals surface area (Å²) in [4.78, 5) is 16.5. The summed E-state index contributed by atoms with van der Waals surface area (Å²) >= 11 is 12.2. The highest BCUT2D eigenvalue weighted by molar-refractivity contribution is 6.33. The number of ether oxygens (including phenoxy) is 1. The Morgan fingerprint density at radius 3 is 2.64 bits per heavy atom. The van der Waals surface area contributed by atoms with E-state index in [0.29, 0.717) is 21.4 Å². The van der Waals surface area contributed by atoms with Crippen molar-refractivity contribution in [2.45, 2.75) is 13.5 Å². The van der Waals surface area contributed by atoms with Crippen LogP contribution in [0.5, 0.6) is 0 Å². The van der Waals surface area contributed by atoms with Gasteiger partial charge in [0.15, 0.2) is 0 Å². The van der Waals surface area contributed by atoms with Crippen molar-refractivity contribution in [3.05, 3.63) is 63.6 Å². The zero-order valence-corrected chi connectivity index (χ0v) is 15.2. The highest BCUT2D eigenvalue weighted by Crippen LogP contribution is 2.23. The largest absolute Gasteiger partial charge is 0.452 e. The fourth-order valence-corrected chi connectivity index (χ4v) is 2.24. The normalized spacial score (nSPS) is 11.0. The molecule has 0 heterocycles. The number of benzene rings is 2. The van der Waals surface area contributed by atoms with Crippen molar-refractivity contribution in [3.63, 3.8) is 0 Å². The van der Waals surface area contributed by atoms with Crippen LogP contribution in [0.3, 0.4) is 0 Å². The summed E-state index contributed by atoms with van der Waals surface area (Å²) in [7, 11) is 1.27. The molecule has 0 atom stereocenters. The topological polar surface area (TPSA) is 72.0 Å². The number of anilines is 1. The van der Waals surface area contributed by atoms with Gasteiger partial charge in [0.05, 0.1) is 23.5 Å². The number of carbonyl (C=O) groups is 1. The summed E-state index contributed by atoms with van der Waals surface area (Å²) in [5.74, 6) is 0. The molecule has 8 heteroatoms. The number of hydrogen-bond acceptors (Lipinski definition) is 5. The number of hydrazine groups is 1. The molecule has 0 spiro atoms. The van der Waals surface area contributed by atoms with E-state index in [1.807, 2.05) is 18.2 Å². The molecule has 2 N–H and O–H groups in total. The summed E-state index contributed by atoms with van der Waals surface area (Å²) in [6, 6.07) is 12.6. The monoisotopic (exact) mass is 381 g/mol. The summed E-state index contributed by atoms with van der Waals surface area (Å²) in [5, 5.41) is 5.15. The van der Waals surface area contributed by atoms with Crippen LogP contribution in [0.1, 0.15) is 18.1 Å². The van der Waals surface area contributed by atoms with Gasteiger partial charge in [0.1, 0.15) is 6.61 Å². The Morgan fingerprint density at radius 1 is 1.16 bits per heavy atom. The maximum Gasteiger partial charge on any atom is 0.425 e. The molecular weight excluding hydrogens is 365 g/mol. The number of methoxy groups -OCH3 is 1. The second-order valence-corrected chi connectivity index (χ2v) is 5.79. The molecule has 0 unspecified atom stereocenters. The molecular formula is C17H17Cl2N3O3. The van der Waals surface area contributed by atoms with Gasteiger partial charge >= 0.3 is 6.09 Å². The summed E-state index contributed by atoms with van der Waals surface area (Å²) in [6.07, 6.45) is -0.630. The van der Waals surface area contributed by atoms with Crippen molar-refractivity contribution in [1.29, 1.82) is 0 Å². The Hall–Kier alpha value is -2.44. The second-order valence-electron chi connectivity index (χ2n) is 4.98. The van der Waals surface area contributed by atoms with E-state index in [1.54, 1.807) is 31.2 Å². The first kappa shape index (κ1) is 18.9. The Balaban J connectivity index is 2.04. The predicted molar refractivity (Wildman–Crippen MR) is 99.1 cm³/mol. The first-order valence-corrected chi connectivity index (χ1v) is 8.06. The molecule has 0 saturated carbocycles. The van der Waals surface area contributed by atoms with Gasteiger partial charge in [0.25, 0.3) is 0 Å². The van der Waals surface area contributed by atoms with Crippen LogP contribution in [0.4, 0.5) is 10.5 Å². The van der Waals surface area contributed by atoms with Crippen LogP contribution in [0, 0.1) is 0 Å². The molecule has 0 aliphatic carbocycles. The number of nitrogens with zero attached hydrogens (tertiary/aromatic N) is 1. The van der Waals surface area contributed by atoms with Crippen molar-refractivity contribution >= 4 is 40.7 Å². The predicted octanol–water partition coefficient (Wildman–Crippen LogP) is 4.62. The van der Waals surface area contributed by atoms with Crippen molar-refractivity contribution in [2.24, 2.45) is 5.16 Å². The van der Waals surface area contributed by atoms with Gasteiger partial charge in [-0.3, -0.25) is 5.43 Å². The van der Waals surface area contributed by atoms with E-state index < -0.39 is 6.09 Å². The molecule has 25 heavy (non-hydrogen) atoms. The van der Waals surface area contributed by atoms with Gasteiger partial charge in [-0.1, -0.05) is 52.6 Å². The molecule has 0 aliphatic rings. The minimum absolute atomic E-state index is 0.263. The van der Waals surface area contributed by atoms with Crippen LogP contribution < -0.4 is 10.9 Å². The van der Waals surface area contributed by atoms with E-state index in [4.69, 9.17) is 28.0 Å². The molecule has 0 fully saturated rings. The van der Waals surface area contributed by atoms with Crippen LogP contribution >= 0.6 is 23.2 Å². The van der Waals surface area contributed by atoms with Crippen LogP contribution in [0.2, 0.25) is 10.0 Å². The molecule has 2 aromatic carbocycles. The Bertz CT molecular complexity index is 781. The van der Waals surface area contributed by atoms with Gasteiger partial charge in [-0.25, -0.2) is 10.2 Å². The van der Waals surface area contributed by atoms with Crippen molar-refractivity contribution in [1.82, 2.24) is 5.43 Å². The van der Waals surface area contributed by atoms with Crippen molar-refractivity contribution in [3.8, 4) is 0 Å². The number of oxime groups is 1. The average molecular weight is 382 g/mol. The molecule has 0 radical (unpaired) electrons. The highest BCUT2D eigenvalue weighted by atomic mass is 35.5. The molecule has 0 aliphatic heterocycles. The summed E-state index contributed by atoms with van der Waals surface area (Å²) in [5.41, 5.74) is 7.80. The number of hydrogen-bond donors (Lipinski definition) is 2. The molecule has 0 bridgehead atoms. The van der Waals surface area contributed by atoms with Gasteiger partial charge < -0.3 is 9.57 Å². The number of nitrogens with one attached hydrogen (secondary N) is 2. The first-order valence-electron chi connectivity index (χ1n) is 7.31. The van der Waals surface area contributed by atoms with E-state index in [2.05, 4.69) is 20.7 Å². The lowest BCUT2D eigenvalue weighted by molar-refractivity contribution is 0.130. The fourth-order valence-electron chi connectivity index (χ4n) is 1.88. The molecule has 132 valence electrons. The van der Waals surface area contributed by atoms with E-state index in [1.165, 1.54) is 7.11 Å². The van der Waals surface area contributed by atoms with Gasteiger partial charge in [-0.15, -0.1) is 0 Å². The van der Waals surface area contributed by atoms with Crippen LogP contribution in [-0.4, -0.2) is 18.9 Å². The van der Waals surface area contributed by atoms with E-state index in [-0.39, 0.29) is 6.61 Å². The smallest absolute Gasteiger partial charge is 0.425 e. The minimum atomic E-state index is -0.630. The van der Waals surface area contributed by atoms with Gasteiger partial charge in [0, 0.05) is 16.1 Å². The lowest BCUT2D eigenvalue weighted by Gasteiger charge is -2.11. The molecule has 0 aromatic heterocycles. The zero-order valence-electron chi connectivity index (χ0n) is 13.7. The Labute approximate surface area is 155 Å². The SMILES string of the molecule is COC(=O)NNc1cc(C(C)=NOCc2ccccc2Cl)ccc1Cl. The zero-order chi connectivity index (χ0) is 18.2. The highest BCUT2D eigenvalue weighted by Gasteiger charge is 2.07. The maximum absolute atomic E-state index is 11.1. The van der Waals surface area contributed by atoms with E-state index in [9.17, 15) is 4.79 Å². The second kappa shape index (κ2) is 9.15. The Kier molecular flexibility index (Phi) is 6.91. The molecule has 6 nitrogen and oxygen atoms in total. The van der Waals surface area contributed by atoms with Gasteiger partial charge in [-0.2, -0.15) is 0 Å². The van der Waals surface area contributed by atoms with E-state index >= 15 is 0 Å². The van der Waals surface area contributed by atoms with Crippen LogP contribution in [0.15, 0.2) is 47.6 Å². The van der Waals surface area contributed by atoms with E-state index in [0.717, 1.165) is 11.1 Å². The van der Waals surface area contributed by atoms with Crippen molar-refractivity contribution < 1.29 is 14.4 Å². The lowest BCUT2D eigenvalue weighted by Crippen LogP contribution is -2.29. The number of rotatable bonds is 6. The average Bonchev–Trinajstić information content (AvgIpc) is 2.62. The summed E-state index contributed by atoms with van der Waals surface area (Å²) in [6.45, 7) is 2.06. The standard InChI is InChI=1S/C17H17Cl2N3O3/c1-11(22-25-10-13-5-3-4-6-14(13)18)12-7-8-15(19)16(9-12)20-21-17(23)24-2/h3-9,20H,10H2,1-2H3,(H,21,23). The maximum atomic E-state index is 11.1. The van der Waals surface area contributed by atoms with Gasteiger partial charge in [0.2, 0.25) is 0 Å². The minimum Gasteiger partial charge on any atom is -0.452 e. The third-order valence-electron chi connectivity index (χ3n) is 3.25. The Morgan fingerprint density at radius 2 is 1.92 bits per heavy atom. The molecule has 0 saturated heterocycles. The number of carbonyl (C=O) groups excluding carboxylic acids is 1. The molecule has 1 amide bonds. The van der Waals surface area contributed by atoms with Crippen LogP contribution in [0.25, 0.3) is 0 Å².